The number of hydrogen-bond donors (Lipinski definition) is 0. The molecule has 0 spiro atoms. The Balaban J connectivity index is -0.0000000153. The minimum atomic E-state index is 0. The molecule has 0 heterocycles. The fourth-order valence-corrected chi connectivity index (χ4v) is 0.272. The van der Waals surface area contributed by atoms with Crippen molar-refractivity contribution in [2.75, 3.05) is 0 Å². The fraction of sp³-hybridized carbons (Fsp3) is 0.400. The van der Waals surface area contributed by atoms with Gasteiger partial charge in [0.15, 0.2) is 0 Å². The molecule has 0 fully saturated rings. The van der Waals surface area contributed by atoms with E-state index in [4.69, 9.17) is 0 Å². The maximum Gasteiger partial charge on any atom is 0.0610 e. The minimum Gasteiger partial charge on any atom is -0.253 e. The molecule has 0 aliphatic carbocycles. The van der Waals surface area contributed by atoms with Crippen molar-refractivity contribution in [3.05, 3.63) is 25.9 Å². The maximum atomic E-state index is 4.49. The monoisotopic (exact) mass is 1100 g/mol. The molecular formula is C10H20B2I6Y2-3. The van der Waals surface area contributed by atoms with Gasteiger partial charge in [0, 0.05) is 103 Å². The van der Waals surface area contributed by atoms with Crippen LogP contribution in [0.1, 0.15) is 0 Å². The summed E-state index contributed by atoms with van der Waals surface area (Å²) in [5, 5.41) is 0. The van der Waals surface area contributed by atoms with E-state index in [0.29, 0.717) is 20.0 Å². The summed E-state index contributed by atoms with van der Waals surface area (Å²) in [6.07, 6.45) is 6.31. The number of allylic oxidation sites excluding steroid dienone is 1. The van der Waals surface area contributed by atoms with E-state index in [1.165, 1.54) is 0 Å². The van der Waals surface area contributed by atoms with Gasteiger partial charge in [0.05, 0.1) is 6.71 Å². The molecule has 10 heteroatoms. The molecule has 0 aromatic rings. The van der Waals surface area contributed by atoms with Crippen LogP contribution < -0.4 is 13.3 Å². The first-order valence-corrected chi connectivity index (χ1v) is 23.3. The van der Waals surface area contributed by atoms with Crippen molar-refractivity contribution < 1.29 is 78.7 Å². The van der Waals surface area contributed by atoms with E-state index in [1.54, 1.807) is 0 Å². The van der Waals surface area contributed by atoms with Gasteiger partial charge < -0.3 is 12.3 Å². The largest absolute Gasteiger partial charge is 0.253 e. The van der Waals surface area contributed by atoms with Gasteiger partial charge in [-0.15, -0.1) is 24.0 Å². The smallest absolute Gasteiger partial charge is 0.0610 e. The molecule has 3 radical (unpaired) electrons. The zero-order valence-electron chi connectivity index (χ0n) is 12.3. The average Bonchev–Trinajstić information content (AvgIpc) is 2.24. The van der Waals surface area contributed by atoms with E-state index in [1.807, 2.05) is 32.9 Å². The molecule has 0 amide bonds. The molecule has 0 bridgehead atoms. The third-order valence-electron chi connectivity index (χ3n) is 0.521. The Labute approximate surface area is 250 Å². The first-order chi connectivity index (χ1) is 8.01. The van der Waals surface area contributed by atoms with Crippen molar-refractivity contribution in [1.29, 1.82) is 0 Å². The molecule has 0 rings (SSSR count). The third-order valence-corrected chi connectivity index (χ3v) is 0.521. The van der Waals surface area contributed by atoms with E-state index in [9.17, 15) is 0 Å². The summed E-state index contributed by atoms with van der Waals surface area (Å²) in [7, 11) is 2.00. The summed E-state index contributed by atoms with van der Waals surface area (Å²) >= 11 is 9.54. The van der Waals surface area contributed by atoms with Gasteiger partial charge in [-0.2, -0.15) is 6.92 Å². The molecule has 0 N–H and O–H groups in total. The Hall–Kier alpha value is 5.76. The van der Waals surface area contributed by atoms with Gasteiger partial charge in [-0.1, -0.05) is 27.3 Å². The van der Waals surface area contributed by atoms with Crippen molar-refractivity contribution in [2.24, 2.45) is 0 Å². The van der Waals surface area contributed by atoms with Gasteiger partial charge in [-0.05, 0) is 0 Å². The van der Waals surface area contributed by atoms with Crippen LogP contribution in [0.25, 0.3) is 0 Å². The second-order valence-electron chi connectivity index (χ2n) is 2.51. The van der Waals surface area contributed by atoms with Crippen molar-refractivity contribution in [1.82, 2.24) is 0 Å². The van der Waals surface area contributed by atoms with E-state index in [2.05, 4.69) is 114 Å². The van der Waals surface area contributed by atoms with Crippen LogP contribution in [0.15, 0.2) is 12.1 Å². The zero-order valence-corrected chi connectivity index (χ0v) is 31.0. The predicted octanol–water partition coefficient (Wildman–Crippen LogP) is 4.07. The number of terminal acetylenes is 1. The number of hydrogen-bond acceptors (Lipinski definition) is 0. The molecule has 0 saturated carbocycles. The molecule has 0 aliphatic heterocycles. The molecule has 0 atom stereocenters. The van der Waals surface area contributed by atoms with Crippen LogP contribution in [-0.2, 0) is 65.4 Å². The van der Waals surface area contributed by atoms with Crippen molar-refractivity contribution in [3.8, 4) is 12.3 Å². The Kier molecular flexibility index (Phi) is 185. The van der Waals surface area contributed by atoms with Gasteiger partial charge in [0.25, 0.3) is 0 Å². The van der Waals surface area contributed by atoms with E-state index in [0.717, 1.165) is 0 Å². The summed E-state index contributed by atoms with van der Waals surface area (Å²) in [6, 6.07) is 0. The second-order valence-corrected chi connectivity index (χ2v) is 18.8. The van der Waals surface area contributed by atoms with Gasteiger partial charge >= 0.3 is 50.5 Å². The summed E-state index contributed by atoms with van der Waals surface area (Å²) in [6.45, 7) is 15.5. The van der Waals surface area contributed by atoms with Crippen molar-refractivity contribution >= 4 is 112 Å². The second kappa shape index (κ2) is 73.8. The summed E-state index contributed by atoms with van der Waals surface area (Å²) in [5.41, 5.74) is 0. The van der Waals surface area contributed by atoms with E-state index in [-0.39, 0.29) is 89.4 Å². The molecule has 20 heavy (non-hydrogen) atoms. The van der Waals surface area contributed by atoms with Gasteiger partial charge in [0.1, 0.15) is 7.28 Å². The minimum absolute atomic E-state index is 0. The normalized spacial score (nSPS) is 5.35. The van der Waals surface area contributed by atoms with Gasteiger partial charge in [-0.3, -0.25) is 5.98 Å². The molecule has 0 aliphatic rings. The third kappa shape index (κ3) is 160. The molecule has 0 saturated heterocycles. The number of rotatable bonds is 1. The van der Waals surface area contributed by atoms with Gasteiger partial charge in [0.2, 0.25) is 0 Å². The van der Waals surface area contributed by atoms with Gasteiger partial charge in [-0.25, -0.2) is 13.0 Å². The first-order valence-electron chi connectivity index (χ1n) is 4.46. The van der Waals surface area contributed by atoms with Crippen LogP contribution in [0.3, 0.4) is 0 Å². The Morgan fingerprint density at radius 2 is 1.35 bits per heavy atom. The fourth-order valence-electron chi connectivity index (χ4n) is 0.272. The van der Waals surface area contributed by atoms with Crippen LogP contribution in [0.4, 0.5) is 0 Å². The summed E-state index contributed by atoms with van der Waals surface area (Å²) in [5.74, 6) is 4.06. The van der Waals surface area contributed by atoms with E-state index < -0.39 is 0 Å². The average molecular weight is 1100 g/mol. The molecule has 0 unspecified atom stereocenters. The number of halogens is 6. The molecule has 0 aromatic carbocycles. The SMILES string of the molecule is C#C[CH2-].C[B]C.I.II.I[I-]I.[CH2-]/C=C/B(C)C.[Y].[Y]. The Morgan fingerprint density at radius 3 is 1.35 bits per heavy atom. The van der Waals surface area contributed by atoms with Crippen LogP contribution in [0.5, 0.6) is 0 Å². The predicted molar refractivity (Wildman–Crippen MR) is 135 cm³/mol. The van der Waals surface area contributed by atoms with Crippen LogP contribution in [0.2, 0.25) is 27.3 Å². The molecule has 117 valence electrons. The van der Waals surface area contributed by atoms with Crippen molar-refractivity contribution in [2.45, 2.75) is 27.3 Å². The summed E-state index contributed by atoms with van der Waals surface area (Å²) < 4.78 is 0. The Morgan fingerprint density at radius 1 is 1.20 bits per heavy atom. The molecule has 0 aromatic heterocycles. The van der Waals surface area contributed by atoms with E-state index >= 15 is 0 Å². The first kappa shape index (κ1) is 50.1. The Bertz CT molecular complexity index is 144. The quantitative estimate of drug-likeness (QED) is 0.161. The molecule has 0 nitrogen and oxygen atoms in total. The topological polar surface area (TPSA) is 0 Å². The van der Waals surface area contributed by atoms with Crippen molar-refractivity contribution in [3.63, 3.8) is 0 Å². The maximum absolute atomic E-state index is 4.49. The molecular weight excluding hydrogens is 1080 g/mol. The standard InChI is InChI=1S/C5H10B.C3H3.C2H6B.I3.I2.HI.2Y/c1-4-5-6(2)3;3*1-3-2;1-2;;;/h4-5H,1H2,2-3H3;1H,2H2;1-2H3;;;1H;;/q2*-1;;-1;;;;/b5-4+;;;;;;;. The van der Waals surface area contributed by atoms with Crippen LogP contribution >= 0.6 is 98.4 Å². The zero-order chi connectivity index (χ0) is 15.1. The van der Waals surface area contributed by atoms with Crippen LogP contribution in [0, 0.1) is 26.2 Å². The van der Waals surface area contributed by atoms with Crippen LogP contribution in [-0.4, -0.2) is 14.0 Å². The summed E-state index contributed by atoms with van der Waals surface area (Å²) in [4.78, 5) is 0.